The van der Waals surface area contributed by atoms with Crippen molar-refractivity contribution in [3.05, 3.63) is 96.1 Å². The van der Waals surface area contributed by atoms with Crippen molar-refractivity contribution in [2.75, 3.05) is 26.2 Å². The van der Waals surface area contributed by atoms with Crippen LogP contribution in [-0.4, -0.2) is 37.2 Å². The summed E-state index contributed by atoms with van der Waals surface area (Å²) in [5.74, 6) is 0. The minimum atomic E-state index is 0.246. The van der Waals surface area contributed by atoms with Crippen molar-refractivity contribution < 1.29 is 4.74 Å². The van der Waals surface area contributed by atoms with E-state index >= 15 is 0 Å². The average Bonchev–Trinajstić information content (AvgIpc) is 2.76. The topological polar surface area (TPSA) is 24.5 Å². The second kappa shape index (κ2) is 9.65. The van der Waals surface area contributed by atoms with Gasteiger partial charge in [0.25, 0.3) is 0 Å². The molecule has 3 aromatic carbocycles. The predicted molar refractivity (Wildman–Crippen MR) is 114 cm³/mol. The van der Waals surface area contributed by atoms with Crippen LogP contribution < -0.4 is 5.32 Å². The van der Waals surface area contributed by atoms with Crippen molar-refractivity contribution in [1.29, 1.82) is 0 Å². The number of hydrogen-bond acceptors (Lipinski definition) is 3. The molecule has 0 bridgehead atoms. The molecule has 28 heavy (non-hydrogen) atoms. The van der Waals surface area contributed by atoms with Crippen molar-refractivity contribution in [2.45, 2.75) is 19.2 Å². The summed E-state index contributed by atoms with van der Waals surface area (Å²) in [6.45, 7) is 5.52. The van der Waals surface area contributed by atoms with Crippen LogP contribution in [0.4, 0.5) is 0 Å². The van der Waals surface area contributed by atoms with E-state index in [1.165, 1.54) is 16.7 Å². The van der Waals surface area contributed by atoms with Gasteiger partial charge in [0, 0.05) is 32.7 Å². The van der Waals surface area contributed by atoms with E-state index in [2.05, 4.69) is 76.9 Å². The molecule has 1 aliphatic heterocycles. The number of ether oxygens (including phenoxy) is 1. The summed E-state index contributed by atoms with van der Waals surface area (Å²) in [6, 6.07) is 30.7. The van der Waals surface area contributed by atoms with E-state index in [4.69, 9.17) is 4.74 Å². The summed E-state index contributed by atoms with van der Waals surface area (Å²) < 4.78 is 5.95. The van der Waals surface area contributed by atoms with Crippen LogP contribution in [0.25, 0.3) is 11.1 Å². The van der Waals surface area contributed by atoms with E-state index in [0.717, 1.165) is 44.9 Å². The van der Waals surface area contributed by atoms with E-state index < -0.39 is 0 Å². The maximum atomic E-state index is 5.95. The molecule has 143 valence electrons. The van der Waals surface area contributed by atoms with Gasteiger partial charge >= 0.3 is 0 Å². The van der Waals surface area contributed by atoms with Crippen LogP contribution in [0.5, 0.6) is 0 Å². The second-order valence-corrected chi connectivity index (χ2v) is 7.32. The van der Waals surface area contributed by atoms with Gasteiger partial charge in [-0.05, 0) is 28.3 Å². The lowest BCUT2D eigenvalue weighted by Gasteiger charge is -2.33. The van der Waals surface area contributed by atoms with E-state index in [0.29, 0.717) is 0 Å². The highest BCUT2D eigenvalue weighted by molar-refractivity contribution is 5.62. The molecule has 1 heterocycles. The van der Waals surface area contributed by atoms with Gasteiger partial charge in [-0.3, -0.25) is 4.90 Å². The van der Waals surface area contributed by atoms with Gasteiger partial charge in [-0.2, -0.15) is 0 Å². The number of morpholine rings is 1. The van der Waals surface area contributed by atoms with Gasteiger partial charge in [0.15, 0.2) is 0 Å². The summed E-state index contributed by atoms with van der Waals surface area (Å²) in [4.78, 5) is 2.48. The van der Waals surface area contributed by atoms with Crippen LogP contribution in [0.15, 0.2) is 78.9 Å². The van der Waals surface area contributed by atoms with Gasteiger partial charge in [0.1, 0.15) is 0 Å². The third-order valence-corrected chi connectivity index (χ3v) is 5.15. The second-order valence-electron chi connectivity index (χ2n) is 7.32. The Morgan fingerprint density at radius 1 is 0.929 bits per heavy atom. The van der Waals surface area contributed by atoms with Crippen LogP contribution >= 0.6 is 0 Å². The van der Waals surface area contributed by atoms with Gasteiger partial charge in [0.05, 0.1) is 12.7 Å². The molecular weight excluding hydrogens is 344 g/mol. The molecule has 1 fully saturated rings. The fourth-order valence-electron chi connectivity index (χ4n) is 3.64. The molecule has 0 aromatic heterocycles. The van der Waals surface area contributed by atoms with Gasteiger partial charge < -0.3 is 10.1 Å². The minimum Gasteiger partial charge on any atom is -0.374 e. The van der Waals surface area contributed by atoms with E-state index in [9.17, 15) is 0 Å². The maximum Gasteiger partial charge on any atom is 0.0826 e. The number of hydrogen-bond donors (Lipinski definition) is 1. The Kier molecular flexibility index (Phi) is 6.51. The molecular formula is C25H27N2O. The Balaban J connectivity index is 1.23. The van der Waals surface area contributed by atoms with Crippen molar-refractivity contribution in [2.24, 2.45) is 0 Å². The minimum absolute atomic E-state index is 0.246. The summed E-state index contributed by atoms with van der Waals surface area (Å²) in [5, 5.41) is 3.56. The van der Waals surface area contributed by atoms with E-state index in [1.807, 2.05) is 18.2 Å². The standard InChI is InChI=1S/C25H27N2O/c1-3-7-22(8-4-1)19-27-15-16-28-25(20-27)18-26-17-21-11-13-24(14-12-21)23-9-5-2-6-10-23/h1-9,11-14,25-26H,15-20H2. The smallest absolute Gasteiger partial charge is 0.0826 e. The highest BCUT2D eigenvalue weighted by atomic mass is 16.5. The van der Waals surface area contributed by atoms with Crippen molar-refractivity contribution >= 4 is 0 Å². The largest absolute Gasteiger partial charge is 0.374 e. The van der Waals surface area contributed by atoms with Gasteiger partial charge in [-0.1, -0.05) is 78.9 Å². The van der Waals surface area contributed by atoms with Gasteiger partial charge in [-0.25, -0.2) is 0 Å². The first kappa shape index (κ1) is 18.9. The van der Waals surface area contributed by atoms with Crippen LogP contribution in [0.3, 0.4) is 0 Å². The van der Waals surface area contributed by atoms with Gasteiger partial charge in [-0.15, -0.1) is 0 Å². The van der Waals surface area contributed by atoms with Crippen LogP contribution in [0.2, 0.25) is 0 Å². The van der Waals surface area contributed by atoms with Crippen molar-refractivity contribution in [1.82, 2.24) is 10.2 Å². The zero-order valence-electron chi connectivity index (χ0n) is 16.2. The van der Waals surface area contributed by atoms with Crippen molar-refractivity contribution in [3.63, 3.8) is 0 Å². The third kappa shape index (κ3) is 5.29. The zero-order valence-corrected chi connectivity index (χ0v) is 16.2. The molecule has 1 radical (unpaired) electrons. The molecule has 0 spiro atoms. The fourth-order valence-corrected chi connectivity index (χ4v) is 3.64. The quantitative estimate of drug-likeness (QED) is 0.675. The lowest BCUT2D eigenvalue weighted by molar-refractivity contribution is -0.0300. The first-order valence-corrected chi connectivity index (χ1v) is 10.0. The van der Waals surface area contributed by atoms with E-state index in [-0.39, 0.29) is 6.10 Å². The predicted octanol–water partition coefficient (Wildman–Crippen LogP) is 4.14. The highest BCUT2D eigenvalue weighted by Gasteiger charge is 2.20. The van der Waals surface area contributed by atoms with Crippen LogP contribution in [0, 0.1) is 6.07 Å². The Morgan fingerprint density at radius 2 is 1.75 bits per heavy atom. The number of benzene rings is 3. The molecule has 1 saturated heterocycles. The van der Waals surface area contributed by atoms with Crippen LogP contribution in [0.1, 0.15) is 11.1 Å². The summed E-state index contributed by atoms with van der Waals surface area (Å²) in [6.07, 6.45) is 0.246. The first-order chi connectivity index (χ1) is 13.9. The number of nitrogens with one attached hydrogen (secondary N) is 1. The lowest BCUT2D eigenvalue weighted by atomic mass is 10.0. The summed E-state index contributed by atoms with van der Waals surface area (Å²) >= 11 is 0. The number of nitrogens with zero attached hydrogens (tertiary/aromatic N) is 1. The Labute approximate surface area is 168 Å². The number of rotatable bonds is 7. The van der Waals surface area contributed by atoms with E-state index in [1.54, 1.807) is 0 Å². The lowest BCUT2D eigenvalue weighted by Crippen LogP contribution is -2.46. The molecule has 1 unspecified atom stereocenters. The molecule has 3 heteroatoms. The Bertz CT molecular complexity index is 833. The molecule has 1 aliphatic rings. The highest BCUT2D eigenvalue weighted by Crippen LogP contribution is 2.18. The molecule has 0 amide bonds. The molecule has 1 N–H and O–H groups in total. The van der Waals surface area contributed by atoms with Crippen LogP contribution in [-0.2, 0) is 17.8 Å². The Hall–Kier alpha value is -2.46. The summed E-state index contributed by atoms with van der Waals surface area (Å²) in [7, 11) is 0. The fraction of sp³-hybridized carbons (Fsp3) is 0.280. The maximum absolute atomic E-state index is 5.95. The molecule has 3 nitrogen and oxygen atoms in total. The molecule has 4 rings (SSSR count). The van der Waals surface area contributed by atoms with Crippen molar-refractivity contribution in [3.8, 4) is 11.1 Å². The molecule has 0 saturated carbocycles. The Morgan fingerprint density at radius 3 is 2.54 bits per heavy atom. The average molecular weight is 372 g/mol. The monoisotopic (exact) mass is 371 g/mol. The first-order valence-electron chi connectivity index (χ1n) is 10.0. The normalized spacial score (nSPS) is 17.5. The molecule has 1 atom stereocenters. The van der Waals surface area contributed by atoms with Gasteiger partial charge in [0.2, 0.25) is 0 Å². The zero-order chi connectivity index (χ0) is 19.0. The third-order valence-electron chi connectivity index (χ3n) is 5.15. The SMILES string of the molecule is [c]1ccccc1-c1ccc(CNCC2CN(Cc3ccccc3)CCO2)cc1. The molecule has 3 aromatic rings. The molecule has 0 aliphatic carbocycles. The summed E-state index contributed by atoms with van der Waals surface area (Å²) in [5.41, 5.74) is 5.00.